The molecule has 19 heavy (non-hydrogen) atoms. The predicted molar refractivity (Wildman–Crippen MR) is 74.7 cm³/mol. The van der Waals surface area contributed by atoms with Crippen LogP contribution in [0.4, 0.5) is 0 Å². The monoisotopic (exact) mass is 256 g/mol. The molecule has 0 saturated heterocycles. The minimum absolute atomic E-state index is 0.00565. The first-order valence-electron chi connectivity index (χ1n) is 7.21. The van der Waals surface area contributed by atoms with Gasteiger partial charge in [-0.05, 0) is 37.2 Å². The molecule has 1 saturated carbocycles. The van der Waals surface area contributed by atoms with Gasteiger partial charge in [0.15, 0.2) is 0 Å². The Hall–Kier alpha value is -1.57. The summed E-state index contributed by atoms with van der Waals surface area (Å²) in [5.74, 6) is 1.13. The minimum Gasteiger partial charge on any atom is -0.466 e. The number of ether oxygens (including phenoxy) is 1. The number of carbonyl (C=O) groups excluding carboxylic acids is 1. The first-order valence-corrected chi connectivity index (χ1v) is 7.21. The molecular formula is C17H20O2. The van der Waals surface area contributed by atoms with Crippen LogP contribution in [0.3, 0.4) is 0 Å². The summed E-state index contributed by atoms with van der Waals surface area (Å²) in [7, 11) is 0. The number of carbonyl (C=O) groups is 1. The Morgan fingerprint density at radius 3 is 2.47 bits per heavy atom. The number of esters is 1. The van der Waals surface area contributed by atoms with E-state index in [1.54, 1.807) is 0 Å². The molecule has 2 heteroatoms. The lowest BCUT2D eigenvalue weighted by atomic mass is 9.60. The molecule has 3 aliphatic carbocycles. The van der Waals surface area contributed by atoms with Crippen LogP contribution < -0.4 is 0 Å². The van der Waals surface area contributed by atoms with Crippen LogP contribution in [0.25, 0.3) is 0 Å². The summed E-state index contributed by atoms with van der Waals surface area (Å²) < 4.78 is 5.31. The molecule has 2 bridgehead atoms. The number of rotatable bonds is 3. The topological polar surface area (TPSA) is 26.3 Å². The molecule has 1 aromatic rings. The van der Waals surface area contributed by atoms with E-state index in [4.69, 9.17) is 4.74 Å². The summed E-state index contributed by atoms with van der Waals surface area (Å²) in [6.07, 6.45) is 6.85. The fourth-order valence-electron chi connectivity index (χ4n) is 3.68. The molecule has 0 aliphatic heterocycles. The van der Waals surface area contributed by atoms with Crippen molar-refractivity contribution in [2.75, 3.05) is 6.61 Å². The van der Waals surface area contributed by atoms with E-state index in [1.165, 1.54) is 12.0 Å². The Morgan fingerprint density at radius 2 is 1.84 bits per heavy atom. The summed E-state index contributed by atoms with van der Waals surface area (Å²) in [6, 6.07) is 10.4. The first kappa shape index (κ1) is 12.5. The zero-order valence-corrected chi connectivity index (χ0v) is 11.3. The molecule has 4 rings (SSSR count). The van der Waals surface area contributed by atoms with Gasteiger partial charge in [0.1, 0.15) is 0 Å². The Kier molecular flexibility index (Phi) is 3.41. The zero-order valence-electron chi connectivity index (χ0n) is 11.3. The van der Waals surface area contributed by atoms with Crippen molar-refractivity contribution in [2.45, 2.75) is 25.7 Å². The van der Waals surface area contributed by atoms with E-state index >= 15 is 0 Å². The van der Waals surface area contributed by atoms with Crippen molar-refractivity contribution < 1.29 is 9.53 Å². The minimum atomic E-state index is -0.0181. The van der Waals surface area contributed by atoms with Crippen molar-refractivity contribution in [3.8, 4) is 0 Å². The van der Waals surface area contributed by atoms with Crippen LogP contribution in [-0.4, -0.2) is 12.6 Å². The highest BCUT2D eigenvalue weighted by atomic mass is 16.5. The van der Waals surface area contributed by atoms with Crippen LogP contribution in [0, 0.1) is 17.8 Å². The molecule has 0 spiro atoms. The van der Waals surface area contributed by atoms with Crippen LogP contribution in [0.2, 0.25) is 0 Å². The highest BCUT2D eigenvalue weighted by Gasteiger charge is 2.45. The van der Waals surface area contributed by atoms with Gasteiger partial charge < -0.3 is 4.74 Å². The molecule has 0 radical (unpaired) electrons. The highest BCUT2D eigenvalue weighted by Crippen LogP contribution is 2.50. The summed E-state index contributed by atoms with van der Waals surface area (Å²) >= 11 is 0. The normalized spacial score (nSPS) is 32.3. The maximum Gasteiger partial charge on any atom is 0.310 e. The lowest BCUT2D eigenvalue weighted by Crippen LogP contribution is -2.40. The third-order valence-electron chi connectivity index (χ3n) is 4.49. The van der Waals surface area contributed by atoms with Gasteiger partial charge in [0, 0.05) is 5.92 Å². The van der Waals surface area contributed by atoms with E-state index in [1.807, 2.05) is 13.0 Å². The van der Waals surface area contributed by atoms with Gasteiger partial charge in [-0.3, -0.25) is 4.79 Å². The molecule has 1 aromatic carbocycles. The molecule has 1 fully saturated rings. The average Bonchev–Trinajstić information content (AvgIpc) is 2.48. The maximum absolute atomic E-state index is 12.3. The Bertz CT molecular complexity index is 477. The molecular weight excluding hydrogens is 236 g/mol. The van der Waals surface area contributed by atoms with Gasteiger partial charge in [-0.2, -0.15) is 0 Å². The first-order chi connectivity index (χ1) is 9.31. The molecule has 0 unspecified atom stereocenters. The van der Waals surface area contributed by atoms with E-state index in [2.05, 4.69) is 36.4 Å². The van der Waals surface area contributed by atoms with E-state index in [9.17, 15) is 4.79 Å². The number of benzene rings is 1. The zero-order chi connectivity index (χ0) is 13.2. The summed E-state index contributed by atoms with van der Waals surface area (Å²) in [6.45, 7) is 2.35. The van der Waals surface area contributed by atoms with Gasteiger partial charge in [-0.15, -0.1) is 0 Å². The van der Waals surface area contributed by atoms with Crippen LogP contribution in [-0.2, 0) is 9.53 Å². The lowest BCUT2D eigenvalue weighted by molar-refractivity contribution is -0.152. The number of hydrogen-bond donors (Lipinski definition) is 0. The Morgan fingerprint density at radius 1 is 1.16 bits per heavy atom. The maximum atomic E-state index is 12.3. The fourth-order valence-corrected chi connectivity index (χ4v) is 3.68. The second kappa shape index (κ2) is 5.20. The van der Waals surface area contributed by atoms with Crippen molar-refractivity contribution in [1.82, 2.24) is 0 Å². The Balaban J connectivity index is 1.95. The van der Waals surface area contributed by atoms with Gasteiger partial charge in [0.2, 0.25) is 0 Å². The van der Waals surface area contributed by atoms with Crippen molar-refractivity contribution >= 4 is 5.97 Å². The molecule has 0 aromatic heterocycles. The molecule has 0 N–H and O–H groups in total. The lowest BCUT2D eigenvalue weighted by Gasteiger charge is -2.43. The van der Waals surface area contributed by atoms with Crippen LogP contribution >= 0.6 is 0 Å². The third-order valence-corrected chi connectivity index (χ3v) is 4.49. The largest absolute Gasteiger partial charge is 0.466 e. The van der Waals surface area contributed by atoms with Crippen molar-refractivity contribution in [1.29, 1.82) is 0 Å². The van der Waals surface area contributed by atoms with E-state index in [0.717, 1.165) is 6.42 Å². The van der Waals surface area contributed by atoms with Crippen molar-refractivity contribution in [3.05, 3.63) is 48.0 Å². The fraction of sp³-hybridized carbons (Fsp3) is 0.471. The Labute approximate surface area is 114 Å². The number of allylic oxidation sites excluding steroid dienone is 2. The third kappa shape index (κ3) is 2.20. The summed E-state index contributed by atoms with van der Waals surface area (Å²) in [4.78, 5) is 12.3. The predicted octanol–water partition coefficient (Wildman–Crippen LogP) is 3.55. The number of hydrogen-bond acceptors (Lipinski definition) is 2. The standard InChI is InChI=1S/C17H20O2/c1-2-19-17(18)16-14-10-8-13(9-11-14)15(16)12-6-4-3-5-7-12/h3-8,10,13-16H,2,9,11H2,1H3/t13-,14+,15+,16+/m0/s1. The molecule has 0 heterocycles. The smallest absolute Gasteiger partial charge is 0.310 e. The van der Waals surface area contributed by atoms with Crippen molar-refractivity contribution in [2.24, 2.45) is 17.8 Å². The SMILES string of the molecule is CCOC(=O)[C@H]1[C@H](c2ccccc2)[C@H]2C=C[C@@H]1CC2. The van der Waals surface area contributed by atoms with Crippen LogP contribution in [0.1, 0.15) is 31.2 Å². The summed E-state index contributed by atoms with van der Waals surface area (Å²) in [5.41, 5.74) is 1.28. The second-order valence-electron chi connectivity index (χ2n) is 5.50. The molecule has 0 amide bonds. The van der Waals surface area contributed by atoms with Gasteiger partial charge in [0.05, 0.1) is 12.5 Å². The van der Waals surface area contributed by atoms with E-state index in [0.29, 0.717) is 24.4 Å². The van der Waals surface area contributed by atoms with Gasteiger partial charge in [-0.1, -0.05) is 42.5 Å². The summed E-state index contributed by atoms with van der Waals surface area (Å²) in [5, 5.41) is 0. The van der Waals surface area contributed by atoms with Crippen LogP contribution in [0.5, 0.6) is 0 Å². The highest BCUT2D eigenvalue weighted by molar-refractivity contribution is 5.75. The van der Waals surface area contributed by atoms with Gasteiger partial charge in [0.25, 0.3) is 0 Å². The van der Waals surface area contributed by atoms with Crippen LogP contribution in [0.15, 0.2) is 42.5 Å². The van der Waals surface area contributed by atoms with Gasteiger partial charge >= 0.3 is 5.97 Å². The molecule has 2 nitrogen and oxygen atoms in total. The second-order valence-corrected chi connectivity index (χ2v) is 5.50. The van der Waals surface area contributed by atoms with Crippen molar-refractivity contribution in [3.63, 3.8) is 0 Å². The van der Waals surface area contributed by atoms with E-state index < -0.39 is 0 Å². The number of fused-ring (bicyclic) bond motifs is 2. The van der Waals surface area contributed by atoms with E-state index in [-0.39, 0.29) is 11.9 Å². The average molecular weight is 256 g/mol. The molecule has 3 aliphatic rings. The molecule has 100 valence electrons. The quantitative estimate of drug-likeness (QED) is 0.610. The molecule has 4 atom stereocenters. The van der Waals surface area contributed by atoms with Gasteiger partial charge in [-0.25, -0.2) is 0 Å².